The summed E-state index contributed by atoms with van der Waals surface area (Å²) in [6.07, 6.45) is 6.77. The van der Waals surface area contributed by atoms with Gasteiger partial charge in [-0.25, -0.2) is 0 Å². The smallest absolute Gasteiger partial charge is 0.234 e. The summed E-state index contributed by atoms with van der Waals surface area (Å²) in [6.45, 7) is 5.79. The Morgan fingerprint density at radius 2 is 1.71 bits per heavy atom. The molecule has 0 radical (unpaired) electrons. The van der Waals surface area contributed by atoms with Crippen LogP contribution in [0.4, 0.5) is 0 Å². The Morgan fingerprint density at radius 1 is 1.07 bits per heavy atom. The van der Waals surface area contributed by atoms with Gasteiger partial charge in [0, 0.05) is 45.4 Å². The molecule has 0 aromatic heterocycles. The van der Waals surface area contributed by atoms with E-state index < -0.39 is 0 Å². The number of rotatable bonds is 11. The normalized spacial score (nSPS) is 20.1. The number of morpholine rings is 1. The molecule has 0 bridgehead atoms. The highest BCUT2D eigenvalue weighted by Gasteiger charge is 2.38. The molecule has 1 aliphatic heterocycles. The average molecular weight is 399 g/mol. The van der Waals surface area contributed by atoms with Gasteiger partial charge in [-0.15, -0.1) is 0 Å². The SMILES string of the molecule is COCCCNC(=O)CN(C)CC(=O)NCC1(N2CCOCC2)CCCCC1. The Morgan fingerprint density at radius 3 is 2.36 bits per heavy atom. The molecule has 8 nitrogen and oxygen atoms in total. The first-order valence-electron chi connectivity index (χ1n) is 10.6. The van der Waals surface area contributed by atoms with E-state index in [0.717, 1.165) is 45.6 Å². The molecule has 8 heteroatoms. The molecule has 2 amide bonds. The molecule has 0 aromatic carbocycles. The molecule has 2 aliphatic rings. The number of nitrogens with one attached hydrogen (secondary N) is 2. The Bertz CT molecular complexity index is 477. The molecule has 2 N–H and O–H groups in total. The highest BCUT2D eigenvalue weighted by molar-refractivity contribution is 5.81. The predicted octanol–water partition coefficient (Wildman–Crippen LogP) is 0.222. The predicted molar refractivity (Wildman–Crippen MR) is 108 cm³/mol. The summed E-state index contributed by atoms with van der Waals surface area (Å²) in [5.41, 5.74) is 0.0645. The van der Waals surface area contributed by atoms with Crippen LogP contribution in [-0.4, -0.2) is 100 Å². The summed E-state index contributed by atoms with van der Waals surface area (Å²) in [6, 6.07) is 0. The van der Waals surface area contributed by atoms with E-state index >= 15 is 0 Å². The van der Waals surface area contributed by atoms with Crippen molar-refractivity contribution in [2.45, 2.75) is 44.1 Å². The number of hydrogen-bond donors (Lipinski definition) is 2. The lowest BCUT2D eigenvalue weighted by molar-refractivity contribution is -0.125. The maximum Gasteiger partial charge on any atom is 0.234 e. The van der Waals surface area contributed by atoms with Crippen molar-refractivity contribution in [2.24, 2.45) is 0 Å². The Balaban J connectivity index is 1.73. The highest BCUT2D eigenvalue weighted by atomic mass is 16.5. The van der Waals surface area contributed by atoms with Crippen LogP contribution >= 0.6 is 0 Å². The lowest BCUT2D eigenvalue weighted by Crippen LogP contribution is -2.60. The van der Waals surface area contributed by atoms with E-state index in [1.54, 1.807) is 19.1 Å². The Hall–Kier alpha value is -1.22. The number of methoxy groups -OCH3 is 1. The van der Waals surface area contributed by atoms with Crippen LogP contribution < -0.4 is 10.6 Å². The third kappa shape index (κ3) is 7.66. The average Bonchev–Trinajstić information content (AvgIpc) is 2.71. The fraction of sp³-hybridized carbons (Fsp3) is 0.900. The molecule has 2 rings (SSSR count). The van der Waals surface area contributed by atoms with Crippen molar-refractivity contribution < 1.29 is 19.1 Å². The minimum Gasteiger partial charge on any atom is -0.385 e. The van der Waals surface area contributed by atoms with E-state index in [-0.39, 0.29) is 30.4 Å². The number of likely N-dealkylation sites (N-methyl/N-ethyl adjacent to an activating group) is 1. The summed E-state index contributed by atoms with van der Waals surface area (Å²) < 4.78 is 10.5. The van der Waals surface area contributed by atoms with Gasteiger partial charge in [-0.2, -0.15) is 0 Å². The number of nitrogens with zero attached hydrogens (tertiary/aromatic N) is 2. The zero-order valence-corrected chi connectivity index (χ0v) is 17.6. The quantitative estimate of drug-likeness (QED) is 0.485. The molecule has 1 heterocycles. The van der Waals surface area contributed by atoms with Crippen molar-refractivity contribution in [1.29, 1.82) is 0 Å². The van der Waals surface area contributed by atoms with Gasteiger partial charge in [0.15, 0.2) is 0 Å². The van der Waals surface area contributed by atoms with Crippen molar-refractivity contribution in [2.75, 3.05) is 73.2 Å². The van der Waals surface area contributed by atoms with E-state index in [2.05, 4.69) is 15.5 Å². The molecule has 0 aromatic rings. The molecule has 28 heavy (non-hydrogen) atoms. The highest BCUT2D eigenvalue weighted by Crippen LogP contribution is 2.33. The molecule has 1 saturated carbocycles. The van der Waals surface area contributed by atoms with Crippen LogP contribution in [0.2, 0.25) is 0 Å². The lowest BCUT2D eigenvalue weighted by atomic mass is 9.79. The zero-order chi connectivity index (χ0) is 20.2. The van der Waals surface area contributed by atoms with Gasteiger partial charge in [-0.3, -0.25) is 19.4 Å². The number of ether oxygens (including phenoxy) is 2. The van der Waals surface area contributed by atoms with Crippen molar-refractivity contribution in [1.82, 2.24) is 20.4 Å². The van der Waals surface area contributed by atoms with Crippen LogP contribution in [0, 0.1) is 0 Å². The van der Waals surface area contributed by atoms with Crippen molar-refractivity contribution >= 4 is 11.8 Å². The van der Waals surface area contributed by atoms with Crippen molar-refractivity contribution in [3.63, 3.8) is 0 Å². The van der Waals surface area contributed by atoms with Gasteiger partial charge < -0.3 is 20.1 Å². The number of carbonyl (C=O) groups excluding carboxylic acids is 2. The second-order valence-corrected chi connectivity index (χ2v) is 8.03. The molecular weight excluding hydrogens is 360 g/mol. The van der Waals surface area contributed by atoms with Crippen LogP contribution in [-0.2, 0) is 19.1 Å². The molecule has 1 aliphatic carbocycles. The molecular formula is C20H38N4O4. The van der Waals surface area contributed by atoms with Crippen molar-refractivity contribution in [3.05, 3.63) is 0 Å². The zero-order valence-electron chi connectivity index (χ0n) is 17.6. The first-order valence-corrected chi connectivity index (χ1v) is 10.6. The third-order valence-electron chi connectivity index (χ3n) is 5.76. The molecule has 0 unspecified atom stereocenters. The molecule has 1 saturated heterocycles. The Labute approximate surface area is 169 Å². The monoisotopic (exact) mass is 398 g/mol. The summed E-state index contributed by atoms with van der Waals surface area (Å²) in [7, 11) is 3.44. The number of hydrogen-bond acceptors (Lipinski definition) is 6. The van der Waals surface area contributed by atoms with Crippen LogP contribution in [0.5, 0.6) is 0 Å². The lowest BCUT2D eigenvalue weighted by Gasteiger charge is -2.48. The van der Waals surface area contributed by atoms with Crippen LogP contribution in [0.15, 0.2) is 0 Å². The van der Waals surface area contributed by atoms with E-state index in [0.29, 0.717) is 19.7 Å². The topological polar surface area (TPSA) is 83.1 Å². The summed E-state index contributed by atoms with van der Waals surface area (Å²) in [4.78, 5) is 28.6. The second kappa shape index (κ2) is 12.4. The fourth-order valence-corrected chi connectivity index (χ4v) is 4.22. The van der Waals surface area contributed by atoms with Gasteiger partial charge in [0.2, 0.25) is 11.8 Å². The number of carbonyl (C=O) groups is 2. The molecule has 2 fully saturated rings. The minimum atomic E-state index is -0.0662. The summed E-state index contributed by atoms with van der Waals surface area (Å²) in [5.74, 6) is -0.0867. The standard InChI is InChI=1S/C20H38N4O4/c1-23(15-18(25)21-9-6-12-27-2)16-19(26)22-17-20(7-4-3-5-8-20)24-10-13-28-14-11-24/h3-17H2,1-2H3,(H,21,25)(H,22,26). The Kier molecular flexibility index (Phi) is 10.2. The second-order valence-electron chi connectivity index (χ2n) is 8.03. The van der Waals surface area contributed by atoms with Gasteiger partial charge in [-0.1, -0.05) is 19.3 Å². The van der Waals surface area contributed by atoms with E-state index in [4.69, 9.17) is 9.47 Å². The largest absolute Gasteiger partial charge is 0.385 e. The fourth-order valence-electron chi connectivity index (χ4n) is 4.22. The van der Waals surface area contributed by atoms with Crippen LogP contribution in [0.3, 0.4) is 0 Å². The summed E-state index contributed by atoms with van der Waals surface area (Å²) in [5, 5.41) is 5.99. The minimum absolute atomic E-state index is 0.0205. The maximum absolute atomic E-state index is 12.5. The van der Waals surface area contributed by atoms with Gasteiger partial charge >= 0.3 is 0 Å². The molecule has 0 atom stereocenters. The van der Waals surface area contributed by atoms with Crippen molar-refractivity contribution in [3.8, 4) is 0 Å². The third-order valence-corrected chi connectivity index (χ3v) is 5.76. The van der Waals surface area contributed by atoms with Crippen LogP contribution in [0.25, 0.3) is 0 Å². The van der Waals surface area contributed by atoms with E-state index in [1.165, 1.54) is 19.3 Å². The molecule has 0 spiro atoms. The summed E-state index contributed by atoms with van der Waals surface area (Å²) >= 11 is 0. The first kappa shape index (κ1) is 23.1. The number of amides is 2. The van der Waals surface area contributed by atoms with E-state index in [1.807, 2.05) is 0 Å². The van der Waals surface area contributed by atoms with Gasteiger partial charge in [-0.05, 0) is 26.3 Å². The van der Waals surface area contributed by atoms with Gasteiger partial charge in [0.05, 0.1) is 26.3 Å². The molecule has 162 valence electrons. The maximum atomic E-state index is 12.5. The van der Waals surface area contributed by atoms with Crippen LogP contribution in [0.1, 0.15) is 38.5 Å². The first-order chi connectivity index (χ1) is 13.6. The van der Waals surface area contributed by atoms with Gasteiger partial charge in [0.1, 0.15) is 0 Å². The van der Waals surface area contributed by atoms with Gasteiger partial charge in [0.25, 0.3) is 0 Å². The van der Waals surface area contributed by atoms with E-state index in [9.17, 15) is 9.59 Å².